The molecule has 118 valence electrons. The molecule has 1 amide bonds. The number of aliphatic hydroxyl groups is 1. The molecule has 0 radical (unpaired) electrons. The maximum atomic E-state index is 11.8. The number of carbonyl (C=O) groups is 1. The van der Waals surface area contributed by atoms with Crippen LogP contribution in [0.1, 0.15) is 37.9 Å². The second-order valence-electron chi connectivity index (χ2n) is 6.00. The van der Waals surface area contributed by atoms with Gasteiger partial charge in [-0.3, -0.25) is 4.79 Å². The molecule has 6 heteroatoms. The minimum atomic E-state index is -0.187. The third-order valence-corrected chi connectivity index (χ3v) is 4.03. The Morgan fingerprint density at radius 1 is 1.52 bits per heavy atom. The van der Waals surface area contributed by atoms with Gasteiger partial charge in [-0.1, -0.05) is 18.0 Å². The topological polar surface area (TPSA) is 78.6 Å². The first-order valence-electron chi connectivity index (χ1n) is 7.64. The Hall–Kier alpha value is -1.40. The molecule has 2 N–H and O–H groups in total. The maximum Gasteiger partial charge on any atom is 0.226 e. The van der Waals surface area contributed by atoms with Crippen molar-refractivity contribution in [2.24, 2.45) is 5.92 Å². The molecule has 21 heavy (non-hydrogen) atoms. The monoisotopic (exact) mass is 295 g/mol. The lowest BCUT2D eigenvalue weighted by Crippen LogP contribution is -2.36. The van der Waals surface area contributed by atoms with E-state index >= 15 is 0 Å². The van der Waals surface area contributed by atoms with Crippen molar-refractivity contribution in [2.75, 3.05) is 25.5 Å². The van der Waals surface area contributed by atoms with Gasteiger partial charge in [0.25, 0.3) is 0 Å². The number of hydrogen-bond acceptors (Lipinski definition) is 5. The van der Waals surface area contributed by atoms with Gasteiger partial charge in [0.15, 0.2) is 5.82 Å². The first-order chi connectivity index (χ1) is 10.0. The second-order valence-corrected chi connectivity index (χ2v) is 6.00. The van der Waals surface area contributed by atoms with E-state index in [1.165, 1.54) is 6.42 Å². The van der Waals surface area contributed by atoms with Crippen LogP contribution in [0.3, 0.4) is 0 Å². The number of nitrogens with zero attached hydrogens (tertiary/aromatic N) is 2. The Labute approximate surface area is 125 Å². The van der Waals surface area contributed by atoms with Crippen LogP contribution in [0.4, 0.5) is 5.82 Å². The molecule has 2 rings (SSSR count). The van der Waals surface area contributed by atoms with Crippen LogP contribution in [0.2, 0.25) is 0 Å². The van der Waals surface area contributed by atoms with Crippen LogP contribution >= 0.6 is 0 Å². The van der Waals surface area contributed by atoms with Crippen molar-refractivity contribution in [2.45, 2.75) is 45.1 Å². The van der Waals surface area contributed by atoms with E-state index in [2.05, 4.69) is 15.4 Å². The molecule has 1 aliphatic carbocycles. The first-order valence-corrected chi connectivity index (χ1v) is 7.64. The van der Waals surface area contributed by atoms with Crippen molar-refractivity contribution in [1.29, 1.82) is 0 Å². The average Bonchev–Trinajstić information content (AvgIpc) is 2.84. The van der Waals surface area contributed by atoms with E-state index in [0.29, 0.717) is 30.5 Å². The smallest absolute Gasteiger partial charge is 0.226 e. The van der Waals surface area contributed by atoms with Crippen LogP contribution < -0.4 is 5.32 Å². The standard InChI is InChI=1S/C15H25N3O3/c1-11-9-14(17-21-11)16-15(20)7-8-18(2)10-12-5-3-4-6-13(12)19/h9,12-13,19H,3-8,10H2,1-2H3,(H,16,17,20). The predicted octanol–water partition coefficient (Wildman–Crippen LogP) is 1.79. The molecule has 1 fully saturated rings. The minimum absolute atomic E-state index is 0.0701. The molecule has 1 saturated carbocycles. The maximum absolute atomic E-state index is 11.8. The zero-order valence-corrected chi connectivity index (χ0v) is 12.8. The van der Waals surface area contributed by atoms with Crippen LogP contribution in [0, 0.1) is 12.8 Å². The molecule has 0 aliphatic heterocycles. The third kappa shape index (κ3) is 5.13. The lowest BCUT2D eigenvalue weighted by molar-refractivity contribution is -0.116. The average molecular weight is 295 g/mol. The van der Waals surface area contributed by atoms with Crippen LogP contribution in [0.25, 0.3) is 0 Å². The largest absolute Gasteiger partial charge is 0.393 e. The van der Waals surface area contributed by atoms with Gasteiger partial charge in [0.2, 0.25) is 5.91 Å². The first kappa shape index (κ1) is 16.0. The number of aryl methyl sites for hydroxylation is 1. The zero-order valence-electron chi connectivity index (χ0n) is 12.8. The third-order valence-electron chi connectivity index (χ3n) is 4.03. The van der Waals surface area contributed by atoms with Gasteiger partial charge in [0, 0.05) is 25.6 Å². The van der Waals surface area contributed by atoms with Crippen LogP contribution in [-0.2, 0) is 4.79 Å². The molecular formula is C15H25N3O3. The molecule has 2 unspecified atom stereocenters. The number of aliphatic hydroxyl groups excluding tert-OH is 1. The van der Waals surface area contributed by atoms with Gasteiger partial charge in [-0.2, -0.15) is 0 Å². The summed E-state index contributed by atoms with van der Waals surface area (Å²) in [7, 11) is 1.99. The highest BCUT2D eigenvalue weighted by molar-refractivity contribution is 5.89. The van der Waals surface area contributed by atoms with E-state index < -0.39 is 0 Å². The summed E-state index contributed by atoms with van der Waals surface area (Å²) in [5.41, 5.74) is 0. The van der Waals surface area contributed by atoms with E-state index in [1.54, 1.807) is 13.0 Å². The number of carbonyl (C=O) groups excluding carboxylic acids is 1. The highest BCUT2D eigenvalue weighted by Gasteiger charge is 2.24. The summed E-state index contributed by atoms with van der Waals surface area (Å²) in [6.45, 7) is 3.30. The summed E-state index contributed by atoms with van der Waals surface area (Å²) in [6.07, 6.45) is 4.53. The summed E-state index contributed by atoms with van der Waals surface area (Å²) < 4.78 is 4.90. The zero-order chi connectivity index (χ0) is 15.2. The Kier molecular flexibility index (Phi) is 5.76. The fraction of sp³-hybridized carbons (Fsp3) is 0.733. The van der Waals surface area contributed by atoms with E-state index in [1.807, 2.05) is 7.05 Å². The number of nitrogens with one attached hydrogen (secondary N) is 1. The normalized spacial score (nSPS) is 22.5. The highest BCUT2D eigenvalue weighted by Crippen LogP contribution is 2.24. The van der Waals surface area contributed by atoms with E-state index in [4.69, 9.17) is 4.52 Å². The summed E-state index contributed by atoms with van der Waals surface area (Å²) in [5.74, 6) is 1.40. The Bertz CT molecular complexity index is 461. The van der Waals surface area contributed by atoms with E-state index in [0.717, 1.165) is 25.8 Å². The summed E-state index contributed by atoms with van der Waals surface area (Å²) in [6, 6.07) is 1.69. The van der Waals surface area contributed by atoms with Crippen molar-refractivity contribution in [3.63, 3.8) is 0 Å². The van der Waals surface area contributed by atoms with Crippen molar-refractivity contribution in [1.82, 2.24) is 10.1 Å². The predicted molar refractivity (Wildman–Crippen MR) is 79.9 cm³/mol. The number of hydrogen-bond donors (Lipinski definition) is 2. The number of amides is 1. The molecule has 1 aliphatic rings. The van der Waals surface area contributed by atoms with Gasteiger partial charge in [-0.05, 0) is 32.7 Å². The van der Waals surface area contributed by atoms with Crippen molar-refractivity contribution in [3.8, 4) is 0 Å². The van der Waals surface area contributed by atoms with Crippen LogP contribution in [0.15, 0.2) is 10.6 Å². The number of rotatable bonds is 6. The Morgan fingerprint density at radius 2 is 2.29 bits per heavy atom. The van der Waals surface area contributed by atoms with Gasteiger partial charge in [0.05, 0.1) is 6.10 Å². The Balaban J connectivity index is 1.68. The molecular weight excluding hydrogens is 270 g/mol. The van der Waals surface area contributed by atoms with Crippen molar-refractivity contribution in [3.05, 3.63) is 11.8 Å². The summed E-state index contributed by atoms with van der Waals surface area (Å²) in [4.78, 5) is 13.9. The van der Waals surface area contributed by atoms with Crippen molar-refractivity contribution < 1.29 is 14.4 Å². The summed E-state index contributed by atoms with van der Waals surface area (Å²) in [5, 5.41) is 16.4. The molecule has 2 atom stereocenters. The molecule has 1 aromatic heterocycles. The summed E-state index contributed by atoms with van der Waals surface area (Å²) >= 11 is 0. The highest BCUT2D eigenvalue weighted by atomic mass is 16.5. The van der Waals surface area contributed by atoms with E-state index in [9.17, 15) is 9.90 Å². The fourth-order valence-electron chi connectivity index (χ4n) is 2.82. The molecule has 1 aromatic rings. The number of aromatic nitrogens is 1. The van der Waals surface area contributed by atoms with Gasteiger partial charge >= 0.3 is 0 Å². The van der Waals surface area contributed by atoms with Gasteiger partial charge in [0.1, 0.15) is 5.76 Å². The van der Waals surface area contributed by atoms with Crippen LogP contribution in [0.5, 0.6) is 0 Å². The second kappa shape index (κ2) is 7.56. The SMILES string of the molecule is Cc1cc(NC(=O)CCN(C)CC2CCCCC2O)no1. The fourth-order valence-corrected chi connectivity index (χ4v) is 2.82. The lowest BCUT2D eigenvalue weighted by Gasteiger charge is -2.31. The molecule has 0 saturated heterocycles. The number of anilines is 1. The van der Waals surface area contributed by atoms with Gasteiger partial charge in [-0.15, -0.1) is 0 Å². The molecule has 1 heterocycles. The van der Waals surface area contributed by atoms with Crippen LogP contribution in [-0.4, -0.2) is 47.3 Å². The lowest BCUT2D eigenvalue weighted by atomic mass is 9.86. The molecule has 0 aromatic carbocycles. The van der Waals surface area contributed by atoms with Crippen molar-refractivity contribution >= 4 is 11.7 Å². The Morgan fingerprint density at radius 3 is 2.95 bits per heavy atom. The quantitative estimate of drug-likeness (QED) is 0.836. The molecule has 0 bridgehead atoms. The van der Waals surface area contributed by atoms with E-state index in [-0.39, 0.29) is 12.0 Å². The van der Waals surface area contributed by atoms with Gasteiger partial charge in [-0.25, -0.2) is 0 Å². The molecule has 0 spiro atoms. The van der Waals surface area contributed by atoms with Gasteiger partial charge < -0.3 is 19.8 Å². The minimum Gasteiger partial charge on any atom is -0.393 e. The molecule has 6 nitrogen and oxygen atoms in total.